The molecule has 2 unspecified atom stereocenters. The fraction of sp³-hybridized carbons (Fsp3) is 1.00. The predicted molar refractivity (Wildman–Crippen MR) is 108 cm³/mol. The Bertz CT molecular complexity index is 329. The molecule has 0 aromatic carbocycles. The van der Waals surface area contributed by atoms with Crippen LogP contribution in [0, 0.1) is 5.92 Å². The van der Waals surface area contributed by atoms with Gasteiger partial charge >= 0.3 is 0 Å². The molecule has 0 bridgehead atoms. The average molecular weight is 373 g/mol. The fourth-order valence-electron chi connectivity index (χ4n) is 3.58. The third-order valence-electron chi connectivity index (χ3n) is 4.92. The Balaban J connectivity index is 2.66. The number of rotatable bonds is 17. The highest BCUT2D eigenvalue weighted by atomic mass is 16.7. The molecule has 0 spiro atoms. The quantitative estimate of drug-likeness (QED) is 0.186. The van der Waals surface area contributed by atoms with E-state index in [9.17, 15) is 0 Å². The van der Waals surface area contributed by atoms with Crippen molar-refractivity contribution in [3.05, 3.63) is 0 Å². The van der Waals surface area contributed by atoms with E-state index in [-0.39, 0.29) is 18.1 Å². The van der Waals surface area contributed by atoms with Gasteiger partial charge in [-0.15, -0.1) is 0 Å². The van der Waals surface area contributed by atoms with E-state index >= 15 is 0 Å². The van der Waals surface area contributed by atoms with E-state index in [1.54, 1.807) is 0 Å². The molecule has 0 aliphatic carbocycles. The van der Waals surface area contributed by atoms with Crippen LogP contribution in [0.5, 0.6) is 0 Å². The maximum Gasteiger partial charge on any atom is 0.173 e. The lowest BCUT2D eigenvalue weighted by atomic mass is 9.90. The molecule has 1 aliphatic heterocycles. The second kappa shape index (κ2) is 13.1. The Hall–Kier alpha value is -0.160. The van der Waals surface area contributed by atoms with Gasteiger partial charge in [0.05, 0.1) is 32.0 Å². The van der Waals surface area contributed by atoms with Crippen LogP contribution in [0.3, 0.4) is 0 Å². The van der Waals surface area contributed by atoms with Crippen molar-refractivity contribution < 1.29 is 18.9 Å². The van der Waals surface area contributed by atoms with Crippen molar-refractivity contribution in [1.82, 2.24) is 0 Å². The maximum atomic E-state index is 6.40. The standard InChI is InChI=1S/C22H44O4/c1-7-9-10-11-12-13-14-20(15-23-16-21-17-24-21)22(8-2,25-18(3)4)26-19(5)6/h18-21H,7-17H2,1-6H3. The van der Waals surface area contributed by atoms with Crippen molar-refractivity contribution in [3.8, 4) is 0 Å². The van der Waals surface area contributed by atoms with Gasteiger partial charge in [-0.25, -0.2) is 0 Å². The van der Waals surface area contributed by atoms with Gasteiger partial charge in [0, 0.05) is 5.92 Å². The van der Waals surface area contributed by atoms with Gasteiger partial charge in [-0.1, -0.05) is 52.4 Å². The molecule has 1 fully saturated rings. The van der Waals surface area contributed by atoms with Crippen LogP contribution in [0.1, 0.15) is 92.9 Å². The number of hydrogen-bond acceptors (Lipinski definition) is 4. The van der Waals surface area contributed by atoms with Gasteiger partial charge in [0.2, 0.25) is 0 Å². The van der Waals surface area contributed by atoms with Crippen molar-refractivity contribution in [2.75, 3.05) is 19.8 Å². The van der Waals surface area contributed by atoms with Gasteiger partial charge in [-0.05, 0) is 40.5 Å². The molecule has 0 radical (unpaired) electrons. The highest BCUT2D eigenvalue weighted by Gasteiger charge is 2.41. The SMILES string of the molecule is CCCCCCCCC(COCC1CO1)C(CC)(OC(C)C)OC(C)C. The molecular weight excluding hydrogens is 328 g/mol. The summed E-state index contributed by atoms with van der Waals surface area (Å²) in [6.07, 6.45) is 10.3. The van der Waals surface area contributed by atoms with E-state index in [2.05, 4.69) is 41.5 Å². The minimum atomic E-state index is -0.559. The Labute approximate surface area is 162 Å². The predicted octanol–water partition coefficient (Wildman–Crippen LogP) is 5.72. The Morgan fingerprint density at radius 3 is 2.00 bits per heavy atom. The van der Waals surface area contributed by atoms with Crippen molar-refractivity contribution in [1.29, 1.82) is 0 Å². The molecule has 2 atom stereocenters. The zero-order valence-electron chi connectivity index (χ0n) is 18.2. The van der Waals surface area contributed by atoms with Gasteiger partial charge < -0.3 is 18.9 Å². The lowest BCUT2D eigenvalue weighted by molar-refractivity contribution is -0.304. The summed E-state index contributed by atoms with van der Waals surface area (Å²) in [5.41, 5.74) is 0. The van der Waals surface area contributed by atoms with Gasteiger partial charge in [-0.2, -0.15) is 0 Å². The Morgan fingerprint density at radius 1 is 0.923 bits per heavy atom. The van der Waals surface area contributed by atoms with Crippen LogP contribution in [0.2, 0.25) is 0 Å². The molecule has 0 amide bonds. The van der Waals surface area contributed by atoms with Crippen LogP contribution in [-0.2, 0) is 18.9 Å². The Kier molecular flexibility index (Phi) is 12.0. The normalized spacial score (nSPS) is 18.7. The molecular formula is C22H44O4. The minimum absolute atomic E-state index is 0.132. The smallest absolute Gasteiger partial charge is 0.173 e. The molecule has 4 heteroatoms. The average Bonchev–Trinajstić information content (AvgIpc) is 3.39. The lowest BCUT2D eigenvalue weighted by Crippen LogP contribution is -2.48. The summed E-state index contributed by atoms with van der Waals surface area (Å²) in [5, 5.41) is 0. The van der Waals surface area contributed by atoms with Crippen LogP contribution in [0.25, 0.3) is 0 Å². The number of hydrogen-bond donors (Lipinski definition) is 0. The zero-order valence-corrected chi connectivity index (χ0v) is 18.2. The van der Waals surface area contributed by atoms with E-state index in [4.69, 9.17) is 18.9 Å². The molecule has 0 aromatic rings. The second-order valence-corrected chi connectivity index (χ2v) is 8.24. The monoisotopic (exact) mass is 372 g/mol. The first-order valence-corrected chi connectivity index (χ1v) is 11.0. The molecule has 0 aromatic heterocycles. The summed E-state index contributed by atoms with van der Waals surface area (Å²) in [7, 11) is 0. The topological polar surface area (TPSA) is 40.2 Å². The summed E-state index contributed by atoms with van der Waals surface area (Å²) in [5.74, 6) is -0.307. The van der Waals surface area contributed by atoms with Crippen LogP contribution in [-0.4, -0.2) is 43.9 Å². The molecule has 156 valence electrons. The van der Waals surface area contributed by atoms with Crippen molar-refractivity contribution >= 4 is 0 Å². The van der Waals surface area contributed by atoms with Crippen LogP contribution >= 0.6 is 0 Å². The summed E-state index contributed by atoms with van der Waals surface area (Å²) >= 11 is 0. The molecule has 0 saturated carbocycles. The highest BCUT2D eigenvalue weighted by molar-refractivity contribution is 4.81. The van der Waals surface area contributed by atoms with Crippen molar-refractivity contribution in [3.63, 3.8) is 0 Å². The molecule has 1 heterocycles. The molecule has 1 rings (SSSR count). The van der Waals surface area contributed by atoms with Crippen molar-refractivity contribution in [2.45, 2.75) is 117 Å². The van der Waals surface area contributed by atoms with Gasteiger partial charge in [0.15, 0.2) is 5.79 Å². The highest BCUT2D eigenvalue weighted by Crippen LogP contribution is 2.35. The first-order chi connectivity index (χ1) is 12.4. The van der Waals surface area contributed by atoms with E-state index in [0.717, 1.165) is 19.4 Å². The largest absolute Gasteiger partial charge is 0.378 e. The van der Waals surface area contributed by atoms with Gasteiger partial charge in [0.25, 0.3) is 0 Å². The third-order valence-corrected chi connectivity index (χ3v) is 4.92. The summed E-state index contributed by atoms with van der Waals surface area (Å²) in [6, 6.07) is 0. The van der Waals surface area contributed by atoms with Crippen LogP contribution in [0.4, 0.5) is 0 Å². The van der Waals surface area contributed by atoms with Crippen LogP contribution in [0.15, 0.2) is 0 Å². The van der Waals surface area contributed by atoms with Gasteiger partial charge in [0.1, 0.15) is 6.10 Å². The summed E-state index contributed by atoms with van der Waals surface area (Å²) < 4.78 is 24.1. The number of unbranched alkanes of at least 4 members (excludes halogenated alkanes) is 5. The zero-order chi connectivity index (χ0) is 19.4. The molecule has 1 saturated heterocycles. The maximum absolute atomic E-state index is 6.40. The number of ether oxygens (including phenoxy) is 4. The second-order valence-electron chi connectivity index (χ2n) is 8.24. The third kappa shape index (κ3) is 9.68. The van der Waals surface area contributed by atoms with Gasteiger partial charge in [-0.3, -0.25) is 0 Å². The number of epoxide rings is 1. The fourth-order valence-corrected chi connectivity index (χ4v) is 3.58. The first-order valence-electron chi connectivity index (χ1n) is 11.0. The first kappa shape index (κ1) is 23.9. The lowest BCUT2D eigenvalue weighted by Gasteiger charge is -2.42. The van der Waals surface area contributed by atoms with E-state index in [1.807, 2.05) is 0 Å². The van der Waals surface area contributed by atoms with Crippen LogP contribution < -0.4 is 0 Å². The molecule has 0 N–H and O–H groups in total. The van der Waals surface area contributed by atoms with Crippen molar-refractivity contribution in [2.24, 2.45) is 5.92 Å². The summed E-state index contributed by atoms with van der Waals surface area (Å²) in [4.78, 5) is 0. The van der Waals surface area contributed by atoms with E-state index in [1.165, 1.54) is 38.5 Å². The molecule has 26 heavy (non-hydrogen) atoms. The van der Waals surface area contributed by atoms with E-state index < -0.39 is 5.79 Å². The molecule has 4 nitrogen and oxygen atoms in total. The summed E-state index contributed by atoms with van der Waals surface area (Å²) in [6.45, 7) is 15.0. The Morgan fingerprint density at radius 2 is 1.50 bits per heavy atom. The minimum Gasteiger partial charge on any atom is -0.378 e. The molecule has 1 aliphatic rings. The van der Waals surface area contributed by atoms with E-state index in [0.29, 0.717) is 19.3 Å².